The van der Waals surface area contributed by atoms with E-state index >= 15 is 0 Å². The predicted molar refractivity (Wildman–Crippen MR) is 36.6 cm³/mol. The molecule has 0 radical (unpaired) electrons. The van der Waals surface area contributed by atoms with Crippen molar-refractivity contribution in [2.24, 2.45) is 5.41 Å². The van der Waals surface area contributed by atoms with Gasteiger partial charge in [0.1, 0.15) is 6.29 Å². The van der Waals surface area contributed by atoms with Crippen LogP contribution in [0.1, 0.15) is 13.3 Å². The summed E-state index contributed by atoms with van der Waals surface area (Å²) >= 11 is 0. The lowest BCUT2D eigenvalue weighted by atomic mass is 9.80. The van der Waals surface area contributed by atoms with Crippen LogP contribution in [0.5, 0.6) is 0 Å². The molecule has 1 unspecified atom stereocenters. The van der Waals surface area contributed by atoms with E-state index in [2.05, 4.69) is 0 Å². The van der Waals surface area contributed by atoms with E-state index in [9.17, 15) is 4.79 Å². The van der Waals surface area contributed by atoms with Gasteiger partial charge < -0.3 is 9.53 Å². The van der Waals surface area contributed by atoms with E-state index < -0.39 is 0 Å². The number of ether oxygens (including phenoxy) is 1. The third kappa shape index (κ3) is 0.598. The third-order valence-corrected chi connectivity index (χ3v) is 2.38. The molecule has 2 bridgehead atoms. The van der Waals surface area contributed by atoms with Gasteiger partial charge in [-0.15, -0.1) is 0 Å². The molecule has 2 heteroatoms. The van der Waals surface area contributed by atoms with Crippen LogP contribution in [-0.2, 0) is 9.53 Å². The van der Waals surface area contributed by atoms with Gasteiger partial charge in [-0.1, -0.05) is 12.2 Å². The first-order valence-corrected chi connectivity index (χ1v) is 3.55. The van der Waals surface area contributed by atoms with Crippen LogP contribution in [0.3, 0.4) is 0 Å². The van der Waals surface area contributed by atoms with Crippen molar-refractivity contribution in [1.29, 1.82) is 0 Å². The Morgan fingerprint density at radius 2 is 2.50 bits per heavy atom. The van der Waals surface area contributed by atoms with E-state index in [1.807, 2.05) is 19.1 Å². The van der Waals surface area contributed by atoms with Crippen molar-refractivity contribution >= 4 is 6.29 Å². The van der Waals surface area contributed by atoms with Crippen molar-refractivity contribution in [3.05, 3.63) is 12.2 Å². The monoisotopic (exact) mass is 138 g/mol. The molecule has 2 nitrogen and oxygen atoms in total. The van der Waals surface area contributed by atoms with Gasteiger partial charge in [0.2, 0.25) is 0 Å². The minimum Gasteiger partial charge on any atom is -0.366 e. The Morgan fingerprint density at radius 1 is 1.70 bits per heavy atom. The quantitative estimate of drug-likeness (QED) is 0.398. The first-order valence-electron chi connectivity index (χ1n) is 3.55. The zero-order valence-corrected chi connectivity index (χ0v) is 5.91. The van der Waals surface area contributed by atoms with Gasteiger partial charge in [-0.05, 0) is 13.3 Å². The molecule has 0 aliphatic carbocycles. The molecule has 0 saturated carbocycles. The topological polar surface area (TPSA) is 26.3 Å². The number of hydrogen-bond donors (Lipinski definition) is 0. The lowest BCUT2D eigenvalue weighted by molar-refractivity contribution is -0.116. The number of rotatable bonds is 1. The van der Waals surface area contributed by atoms with Crippen LogP contribution in [0, 0.1) is 5.41 Å². The molecule has 2 heterocycles. The fraction of sp³-hybridized carbons (Fsp3) is 0.625. The molecule has 2 aliphatic heterocycles. The first-order chi connectivity index (χ1) is 4.74. The third-order valence-electron chi connectivity index (χ3n) is 2.38. The maximum absolute atomic E-state index is 10.6. The van der Waals surface area contributed by atoms with Gasteiger partial charge in [0.15, 0.2) is 0 Å². The summed E-state index contributed by atoms with van der Waals surface area (Å²) in [4.78, 5) is 10.6. The van der Waals surface area contributed by atoms with Crippen LogP contribution < -0.4 is 0 Å². The number of hydrogen-bond acceptors (Lipinski definition) is 2. The van der Waals surface area contributed by atoms with Gasteiger partial charge in [0.05, 0.1) is 17.6 Å². The second-order valence-electron chi connectivity index (χ2n) is 3.31. The summed E-state index contributed by atoms with van der Waals surface area (Å²) < 4.78 is 5.44. The molecule has 0 spiro atoms. The lowest BCUT2D eigenvalue weighted by Gasteiger charge is -2.20. The van der Waals surface area contributed by atoms with Gasteiger partial charge in [-0.25, -0.2) is 0 Å². The van der Waals surface area contributed by atoms with Gasteiger partial charge in [0.25, 0.3) is 0 Å². The van der Waals surface area contributed by atoms with Crippen LogP contribution >= 0.6 is 0 Å². The molecule has 0 aromatic heterocycles. The van der Waals surface area contributed by atoms with Gasteiger partial charge in [-0.2, -0.15) is 0 Å². The molecule has 0 aromatic rings. The standard InChI is InChI=1S/C8H10O2/c1-8(5-9)4-6-2-3-7(8)10-6/h2-3,5-7H,4H2,1H3/t6-,7+,8?/m1/s1. The number of carbonyl (C=O) groups excluding carboxylic acids is 1. The SMILES string of the molecule is CC1(C=O)C[C@H]2C=C[C@@H]1O2. The van der Waals surface area contributed by atoms with E-state index in [-0.39, 0.29) is 17.6 Å². The highest BCUT2D eigenvalue weighted by molar-refractivity contribution is 5.62. The zero-order chi connectivity index (χ0) is 7.19. The summed E-state index contributed by atoms with van der Waals surface area (Å²) in [7, 11) is 0. The normalized spacial score (nSPS) is 50.1. The predicted octanol–water partition coefficient (Wildman–Crippen LogP) is 0.919. The Hall–Kier alpha value is -0.630. The lowest BCUT2D eigenvalue weighted by Crippen LogP contribution is -2.28. The van der Waals surface area contributed by atoms with Crippen molar-refractivity contribution in [2.75, 3.05) is 0 Å². The van der Waals surface area contributed by atoms with Crippen molar-refractivity contribution in [2.45, 2.75) is 25.6 Å². The van der Waals surface area contributed by atoms with E-state index in [1.54, 1.807) is 0 Å². The molecule has 0 N–H and O–H groups in total. The first kappa shape index (κ1) is 6.10. The van der Waals surface area contributed by atoms with Gasteiger partial charge >= 0.3 is 0 Å². The molecule has 0 amide bonds. The van der Waals surface area contributed by atoms with Crippen LogP contribution in [0.2, 0.25) is 0 Å². The van der Waals surface area contributed by atoms with Gasteiger partial charge in [-0.3, -0.25) is 0 Å². The maximum Gasteiger partial charge on any atom is 0.128 e. The molecular formula is C8H10O2. The van der Waals surface area contributed by atoms with Crippen molar-refractivity contribution in [3.63, 3.8) is 0 Å². The van der Waals surface area contributed by atoms with Crippen LogP contribution in [0.4, 0.5) is 0 Å². The molecule has 3 atom stereocenters. The van der Waals surface area contributed by atoms with E-state index in [1.165, 1.54) is 0 Å². The second-order valence-corrected chi connectivity index (χ2v) is 3.31. The smallest absolute Gasteiger partial charge is 0.128 e. The Kier molecular flexibility index (Phi) is 1.04. The molecule has 54 valence electrons. The Bertz CT molecular complexity index is 197. The van der Waals surface area contributed by atoms with Gasteiger partial charge in [0, 0.05) is 0 Å². The van der Waals surface area contributed by atoms with Crippen LogP contribution in [-0.4, -0.2) is 18.5 Å². The summed E-state index contributed by atoms with van der Waals surface area (Å²) in [6.45, 7) is 1.95. The maximum atomic E-state index is 10.6. The summed E-state index contributed by atoms with van der Waals surface area (Å²) in [5.41, 5.74) is -0.237. The van der Waals surface area contributed by atoms with E-state index in [4.69, 9.17) is 4.74 Å². The molecule has 1 fully saturated rings. The Morgan fingerprint density at radius 3 is 2.80 bits per heavy atom. The fourth-order valence-corrected chi connectivity index (χ4v) is 1.66. The average molecular weight is 138 g/mol. The molecule has 1 saturated heterocycles. The number of fused-ring (bicyclic) bond motifs is 2. The average Bonchev–Trinajstić information content (AvgIpc) is 2.46. The Labute approximate surface area is 59.9 Å². The highest BCUT2D eigenvalue weighted by Gasteiger charge is 2.46. The summed E-state index contributed by atoms with van der Waals surface area (Å²) in [5.74, 6) is 0. The Balaban J connectivity index is 2.30. The molecule has 10 heavy (non-hydrogen) atoms. The fourth-order valence-electron chi connectivity index (χ4n) is 1.66. The number of aldehydes is 1. The summed E-state index contributed by atoms with van der Waals surface area (Å²) in [5, 5.41) is 0. The van der Waals surface area contributed by atoms with Crippen molar-refractivity contribution in [1.82, 2.24) is 0 Å². The summed E-state index contributed by atoms with van der Waals surface area (Å²) in [6, 6.07) is 0. The minimum absolute atomic E-state index is 0.0509. The molecule has 0 aromatic carbocycles. The highest BCUT2D eigenvalue weighted by Crippen LogP contribution is 2.41. The zero-order valence-electron chi connectivity index (χ0n) is 5.91. The summed E-state index contributed by atoms with van der Waals surface area (Å²) in [6.07, 6.45) is 6.16. The largest absolute Gasteiger partial charge is 0.366 e. The second kappa shape index (κ2) is 1.70. The number of carbonyl (C=O) groups is 1. The highest BCUT2D eigenvalue weighted by atomic mass is 16.5. The van der Waals surface area contributed by atoms with E-state index in [0.717, 1.165) is 12.7 Å². The van der Waals surface area contributed by atoms with Crippen LogP contribution in [0.25, 0.3) is 0 Å². The molecular weight excluding hydrogens is 128 g/mol. The van der Waals surface area contributed by atoms with Crippen molar-refractivity contribution in [3.8, 4) is 0 Å². The minimum atomic E-state index is -0.237. The van der Waals surface area contributed by atoms with Crippen LogP contribution in [0.15, 0.2) is 12.2 Å². The molecule has 2 aliphatic rings. The van der Waals surface area contributed by atoms with E-state index in [0.29, 0.717) is 0 Å². The molecule has 2 rings (SSSR count). The van der Waals surface area contributed by atoms with Crippen molar-refractivity contribution < 1.29 is 9.53 Å².